The Bertz CT molecular complexity index is 670. The van der Waals surface area contributed by atoms with E-state index in [9.17, 15) is 4.79 Å². The molecular weight excluding hydrogens is 336 g/mol. The molecule has 1 aliphatic heterocycles. The molecular formula is C19H23ClN4O. The number of anilines is 1. The number of nitrogens with zero attached hydrogens (tertiary/aromatic N) is 3. The number of carbonyl (C=O) groups excluding carboxylic acids is 1. The minimum Gasteiger partial charge on any atom is -0.354 e. The summed E-state index contributed by atoms with van der Waals surface area (Å²) in [5.74, 6) is 1.12. The number of aromatic nitrogens is 1. The van der Waals surface area contributed by atoms with E-state index in [4.69, 9.17) is 11.6 Å². The molecule has 3 rings (SSSR count). The Morgan fingerprint density at radius 1 is 1.08 bits per heavy atom. The fourth-order valence-corrected chi connectivity index (χ4v) is 3.02. The number of benzene rings is 1. The molecule has 1 aliphatic rings. The first kappa shape index (κ1) is 17.7. The Kier molecular flexibility index (Phi) is 6.25. The summed E-state index contributed by atoms with van der Waals surface area (Å²) in [5.41, 5.74) is 1.06. The fourth-order valence-electron chi connectivity index (χ4n) is 2.89. The molecule has 0 radical (unpaired) electrons. The first-order valence-corrected chi connectivity index (χ1v) is 8.98. The van der Waals surface area contributed by atoms with Gasteiger partial charge in [0.05, 0.1) is 0 Å². The Hall–Kier alpha value is -2.11. The second-order valence-electron chi connectivity index (χ2n) is 6.17. The van der Waals surface area contributed by atoms with Gasteiger partial charge in [-0.25, -0.2) is 4.98 Å². The number of amides is 1. The van der Waals surface area contributed by atoms with Crippen LogP contribution in [-0.4, -0.2) is 48.5 Å². The normalized spacial score (nSPS) is 15.2. The van der Waals surface area contributed by atoms with E-state index < -0.39 is 0 Å². The van der Waals surface area contributed by atoms with Crippen LogP contribution in [0.25, 0.3) is 0 Å². The van der Waals surface area contributed by atoms with Crippen molar-refractivity contribution < 1.29 is 4.79 Å². The van der Waals surface area contributed by atoms with Crippen molar-refractivity contribution in [2.24, 2.45) is 0 Å². The van der Waals surface area contributed by atoms with Crippen LogP contribution in [0, 0.1) is 0 Å². The molecule has 0 atom stereocenters. The molecule has 1 N–H and O–H groups in total. The van der Waals surface area contributed by atoms with Gasteiger partial charge in [-0.05, 0) is 29.8 Å². The smallest absolute Gasteiger partial charge is 0.221 e. The van der Waals surface area contributed by atoms with Crippen LogP contribution in [0.1, 0.15) is 12.0 Å². The average Bonchev–Trinajstić information content (AvgIpc) is 2.67. The highest BCUT2D eigenvalue weighted by Gasteiger charge is 2.18. The second kappa shape index (κ2) is 8.83. The number of pyridine rings is 1. The Morgan fingerprint density at radius 3 is 2.52 bits per heavy atom. The van der Waals surface area contributed by atoms with Crippen LogP contribution < -0.4 is 10.2 Å². The van der Waals surface area contributed by atoms with E-state index in [0.29, 0.717) is 18.0 Å². The topological polar surface area (TPSA) is 48.5 Å². The van der Waals surface area contributed by atoms with E-state index in [1.165, 1.54) is 0 Å². The number of piperazine rings is 1. The highest BCUT2D eigenvalue weighted by atomic mass is 35.5. The van der Waals surface area contributed by atoms with E-state index in [1.54, 1.807) is 0 Å². The van der Waals surface area contributed by atoms with Crippen molar-refractivity contribution in [3.05, 3.63) is 59.2 Å². The summed E-state index contributed by atoms with van der Waals surface area (Å²) in [6, 6.07) is 13.5. The van der Waals surface area contributed by atoms with E-state index in [1.807, 2.05) is 48.7 Å². The fraction of sp³-hybridized carbons (Fsp3) is 0.368. The van der Waals surface area contributed by atoms with Gasteiger partial charge >= 0.3 is 0 Å². The van der Waals surface area contributed by atoms with Crippen molar-refractivity contribution in [3.8, 4) is 0 Å². The van der Waals surface area contributed by atoms with Gasteiger partial charge in [0.25, 0.3) is 0 Å². The summed E-state index contributed by atoms with van der Waals surface area (Å²) < 4.78 is 0. The summed E-state index contributed by atoms with van der Waals surface area (Å²) >= 11 is 5.86. The summed E-state index contributed by atoms with van der Waals surface area (Å²) in [7, 11) is 0. The molecule has 2 aromatic rings. The lowest BCUT2D eigenvalue weighted by atomic mass is 10.2. The van der Waals surface area contributed by atoms with Crippen LogP contribution >= 0.6 is 11.6 Å². The largest absolute Gasteiger partial charge is 0.354 e. The predicted molar refractivity (Wildman–Crippen MR) is 101 cm³/mol. The maximum Gasteiger partial charge on any atom is 0.221 e. The zero-order valence-electron chi connectivity index (χ0n) is 14.2. The van der Waals surface area contributed by atoms with Crippen molar-refractivity contribution in [2.75, 3.05) is 37.6 Å². The average molecular weight is 359 g/mol. The monoisotopic (exact) mass is 358 g/mol. The van der Waals surface area contributed by atoms with E-state index in [0.717, 1.165) is 44.1 Å². The van der Waals surface area contributed by atoms with Gasteiger partial charge in [0, 0.05) is 56.9 Å². The van der Waals surface area contributed by atoms with E-state index in [2.05, 4.69) is 20.1 Å². The van der Waals surface area contributed by atoms with Crippen LogP contribution in [-0.2, 0) is 11.3 Å². The molecule has 1 fully saturated rings. The van der Waals surface area contributed by atoms with Gasteiger partial charge in [-0.2, -0.15) is 0 Å². The van der Waals surface area contributed by atoms with Crippen molar-refractivity contribution in [1.82, 2.24) is 15.2 Å². The third kappa shape index (κ3) is 5.44. The molecule has 0 aliphatic carbocycles. The lowest BCUT2D eigenvalue weighted by molar-refractivity contribution is -0.121. The molecule has 25 heavy (non-hydrogen) atoms. The van der Waals surface area contributed by atoms with Gasteiger partial charge in [-0.1, -0.05) is 29.8 Å². The lowest BCUT2D eigenvalue weighted by Crippen LogP contribution is -2.47. The quantitative estimate of drug-likeness (QED) is 0.862. The minimum atomic E-state index is 0.0853. The molecule has 6 heteroatoms. The highest BCUT2D eigenvalue weighted by molar-refractivity contribution is 6.30. The number of hydrogen-bond donors (Lipinski definition) is 1. The van der Waals surface area contributed by atoms with Gasteiger partial charge in [-0.15, -0.1) is 0 Å². The Morgan fingerprint density at radius 2 is 1.84 bits per heavy atom. The molecule has 0 bridgehead atoms. The van der Waals surface area contributed by atoms with Crippen molar-refractivity contribution in [3.63, 3.8) is 0 Å². The Labute approximate surface area is 153 Å². The van der Waals surface area contributed by atoms with Crippen LogP contribution in [0.2, 0.25) is 5.02 Å². The van der Waals surface area contributed by atoms with Crippen LogP contribution in [0.4, 0.5) is 5.82 Å². The Balaban J connectivity index is 1.35. The maximum absolute atomic E-state index is 12.0. The molecule has 0 spiro atoms. The van der Waals surface area contributed by atoms with Crippen LogP contribution in [0.5, 0.6) is 0 Å². The first-order valence-electron chi connectivity index (χ1n) is 8.60. The number of hydrogen-bond acceptors (Lipinski definition) is 4. The predicted octanol–water partition coefficient (Wildman–Crippen LogP) is 2.56. The number of nitrogens with one attached hydrogen (secondary N) is 1. The second-order valence-corrected chi connectivity index (χ2v) is 6.61. The maximum atomic E-state index is 12.0. The summed E-state index contributed by atoms with van der Waals surface area (Å²) in [6.07, 6.45) is 2.35. The molecule has 0 unspecified atom stereocenters. The van der Waals surface area contributed by atoms with Gasteiger partial charge in [-0.3, -0.25) is 9.69 Å². The van der Waals surface area contributed by atoms with E-state index >= 15 is 0 Å². The molecule has 5 nitrogen and oxygen atoms in total. The lowest BCUT2D eigenvalue weighted by Gasteiger charge is -2.35. The van der Waals surface area contributed by atoms with Crippen molar-refractivity contribution in [2.45, 2.75) is 13.0 Å². The van der Waals surface area contributed by atoms with Gasteiger partial charge in [0.2, 0.25) is 5.91 Å². The zero-order chi connectivity index (χ0) is 17.5. The number of carbonyl (C=O) groups is 1. The number of halogens is 1. The van der Waals surface area contributed by atoms with Gasteiger partial charge < -0.3 is 10.2 Å². The minimum absolute atomic E-state index is 0.0853. The van der Waals surface area contributed by atoms with Crippen molar-refractivity contribution in [1.29, 1.82) is 0 Å². The third-order valence-corrected chi connectivity index (χ3v) is 4.66. The molecule has 1 aromatic heterocycles. The molecule has 132 valence electrons. The molecule has 2 heterocycles. The first-order chi connectivity index (χ1) is 12.2. The van der Waals surface area contributed by atoms with Gasteiger partial charge in [0.15, 0.2) is 0 Å². The van der Waals surface area contributed by atoms with Crippen LogP contribution in [0.15, 0.2) is 48.7 Å². The van der Waals surface area contributed by atoms with Crippen molar-refractivity contribution >= 4 is 23.3 Å². The summed E-state index contributed by atoms with van der Waals surface area (Å²) in [4.78, 5) is 21.0. The molecule has 1 aromatic carbocycles. The number of rotatable bonds is 6. The van der Waals surface area contributed by atoms with Crippen LogP contribution in [0.3, 0.4) is 0 Å². The highest BCUT2D eigenvalue weighted by Crippen LogP contribution is 2.12. The SMILES string of the molecule is O=C(CCN1CCN(c2ccccn2)CC1)NCc1ccc(Cl)cc1. The summed E-state index contributed by atoms with van der Waals surface area (Å²) in [5, 5.41) is 3.67. The van der Waals surface area contributed by atoms with E-state index in [-0.39, 0.29) is 5.91 Å². The molecule has 1 saturated heterocycles. The zero-order valence-corrected chi connectivity index (χ0v) is 15.0. The standard InChI is InChI=1S/C19H23ClN4O/c20-17-6-4-16(5-7-17)15-22-19(25)8-10-23-11-13-24(14-12-23)18-3-1-2-9-21-18/h1-7,9H,8,10-15H2,(H,22,25). The third-order valence-electron chi connectivity index (χ3n) is 4.40. The molecule has 0 saturated carbocycles. The molecule has 1 amide bonds. The van der Waals surface area contributed by atoms with Gasteiger partial charge in [0.1, 0.15) is 5.82 Å². The summed E-state index contributed by atoms with van der Waals surface area (Å²) in [6.45, 7) is 5.15.